The summed E-state index contributed by atoms with van der Waals surface area (Å²) in [5.41, 5.74) is 3.17. The molecule has 0 aromatic heterocycles. The second kappa shape index (κ2) is 2.85. The van der Waals surface area contributed by atoms with Crippen LogP contribution in [0.1, 0.15) is 17.5 Å². The fourth-order valence-electron chi connectivity index (χ4n) is 1.55. The van der Waals surface area contributed by atoms with Crippen LogP contribution >= 0.6 is 0 Å². The number of fused-ring (bicyclic) bond motifs is 1. The predicted octanol–water partition coefficient (Wildman–Crippen LogP) is 1.11. The van der Waals surface area contributed by atoms with Crippen molar-refractivity contribution in [2.24, 2.45) is 0 Å². The van der Waals surface area contributed by atoms with Gasteiger partial charge in [0.1, 0.15) is 13.6 Å². The third-order valence-corrected chi connectivity index (χ3v) is 2.33. The number of aryl methyl sites for hydroxylation is 2. The first kappa shape index (κ1) is 7.72. The normalized spacial score (nSPS) is 15.1. The van der Waals surface area contributed by atoms with Gasteiger partial charge in [-0.2, -0.15) is 0 Å². The fourth-order valence-corrected chi connectivity index (χ4v) is 1.55. The van der Waals surface area contributed by atoms with Gasteiger partial charge in [0.05, 0.1) is 6.61 Å². The number of hydrogen-bond donors (Lipinski definition) is 0. The zero-order valence-corrected chi connectivity index (χ0v) is 7.26. The van der Waals surface area contributed by atoms with Crippen LogP contribution in [0.3, 0.4) is 0 Å². The maximum Gasteiger partial charge on any atom is 0.119 e. The summed E-state index contributed by atoms with van der Waals surface area (Å²) in [6, 6.07) is 4.17. The summed E-state index contributed by atoms with van der Waals surface area (Å²) in [6.07, 6.45) is 2.20. The Balaban J connectivity index is 2.54. The van der Waals surface area contributed by atoms with Crippen LogP contribution in [0.5, 0.6) is 5.75 Å². The van der Waals surface area contributed by atoms with Gasteiger partial charge in [-0.25, -0.2) is 0 Å². The molecular formula is C10H11BO. The fraction of sp³-hybridized carbons (Fsp3) is 0.400. The third kappa shape index (κ3) is 1.11. The van der Waals surface area contributed by atoms with Crippen LogP contribution in [-0.4, -0.2) is 14.5 Å². The molecule has 2 rings (SSSR count). The van der Waals surface area contributed by atoms with E-state index < -0.39 is 0 Å². The summed E-state index contributed by atoms with van der Waals surface area (Å²) in [5.74, 6) is 0.918. The zero-order valence-electron chi connectivity index (χ0n) is 7.26. The molecule has 2 radical (unpaired) electrons. The Kier molecular flexibility index (Phi) is 1.83. The van der Waals surface area contributed by atoms with Crippen molar-refractivity contribution in [3.63, 3.8) is 0 Å². The monoisotopic (exact) mass is 158 g/mol. The van der Waals surface area contributed by atoms with Gasteiger partial charge >= 0.3 is 0 Å². The molecule has 2 heteroatoms. The lowest BCUT2D eigenvalue weighted by molar-refractivity contribution is 0.291. The summed E-state index contributed by atoms with van der Waals surface area (Å²) in [7, 11) is 5.88. The number of ether oxygens (including phenoxy) is 1. The van der Waals surface area contributed by atoms with Crippen LogP contribution in [0, 0.1) is 6.92 Å². The SMILES string of the molecule is [B]c1c(C)ccc2c1OCCC2. The minimum absolute atomic E-state index is 0.806. The van der Waals surface area contributed by atoms with Gasteiger partial charge in [-0.05, 0) is 25.3 Å². The van der Waals surface area contributed by atoms with E-state index in [1.807, 2.05) is 6.92 Å². The molecule has 1 aromatic rings. The Labute approximate surface area is 74.2 Å². The quantitative estimate of drug-likeness (QED) is 0.514. The molecule has 0 atom stereocenters. The van der Waals surface area contributed by atoms with Crippen LogP contribution in [0.2, 0.25) is 0 Å². The van der Waals surface area contributed by atoms with Gasteiger partial charge in [-0.3, -0.25) is 0 Å². The van der Waals surface area contributed by atoms with Gasteiger partial charge in [0.25, 0.3) is 0 Å². The van der Waals surface area contributed by atoms with Crippen molar-refractivity contribution in [3.8, 4) is 5.75 Å². The van der Waals surface area contributed by atoms with Crippen molar-refractivity contribution >= 4 is 13.3 Å². The number of hydrogen-bond acceptors (Lipinski definition) is 1. The third-order valence-electron chi connectivity index (χ3n) is 2.33. The molecule has 0 unspecified atom stereocenters. The topological polar surface area (TPSA) is 9.23 Å². The highest BCUT2D eigenvalue weighted by atomic mass is 16.5. The molecule has 1 heterocycles. The Hall–Kier alpha value is -0.915. The second-order valence-corrected chi connectivity index (χ2v) is 3.24. The van der Waals surface area contributed by atoms with E-state index in [0.29, 0.717) is 0 Å². The van der Waals surface area contributed by atoms with E-state index >= 15 is 0 Å². The summed E-state index contributed by atoms with van der Waals surface area (Å²) in [4.78, 5) is 0. The van der Waals surface area contributed by atoms with E-state index in [4.69, 9.17) is 12.6 Å². The molecule has 0 spiro atoms. The van der Waals surface area contributed by atoms with Gasteiger partial charge in [-0.15, -0.1) is 0 Å². The standard InChI is InChI=1S/C10H11BO/c1-7-4-5-8-3-2-6-12-10(8)9(7)11/h4-5H,2-3,6H2,1H3. The molecule has 0 saturated heterocycles. The van der Waals surface area contributed by atoms with E-state index in [2.05, 4.69) is 12.1 Å². The first-order valence-corrected chi connectivity index (χ1v) is 4.30. The van der Waals surface area contributed by atoms with Crippen molar-refractivity contribution in [1.29, 1.82) is 0 Å². The van der Waals surface area contributed by atoms with Crippen molar-refractivity contribution in [2.45, 2.75) is 19.8 Å². The molecule has 1 aromatic carbocycles. The van der Waals surface area contributed by atoms with Crippen LogP contribution in [0.25, 0.3) is 0 Å². The molecular weight excluding hydrogens is 147 g/mol. The van der Waals surface area contributed by atoms with Gasteiger partial charge in [0, 0.05) is 0 Å². The first-order chi connectivity index (χ1) is 5.79. The molecule has 0 aliphatic carbocycles. The van der Waals surface area contributed by atoms with E-state index in [1.165, 1.54) is 5.56 Å². The van der Waals surface area contributed by atoms with E-state index in [-0.39, 0.29) is 0 Å². The number of benzene rings is 1. The van der Waals surface area contributed by atoms with Gasteiger partial charge in [0.15, 0.2) is 0 Å². The summed E-state index contributed by atoms with van der Waals surface area (Å²) in [5, 5.41) is 0. The maximum atomic E-state index is 5.88. The van der Waals surface area contributed by atoms with Crippen molar-refractivity contribution < 1.29 is 4.74 Å². The average Bonchev–Trinajstić information content (AvgIpc) is 2.12. The first-order valence-electron chi connectivity index (χ1n) is 4.30. The molecule has 1 nitrogen and oxygen atoms in total. The Morgan fingerprint density at radius 3 is 3.08 bits per heavy atom. The summed E-state index contributed by atoms with van der Waals surface area (Å²) in [6.45, 7) is 2.81. The van der Waals surface area contributed by atoms with Crippen LogP contribution in [-0.2, 0) is 6.42 Å². The lowest BCUT2D eigenvalue weighted by Gasteiger charge is -2.20. The van der Waals surface area contributed by atoms with Gasteiger partial charge in [-0.1, -0.05) is 23.2 Å². The second-order valence-electron chi connectivity index (χ2n) is 3.24. The van der Waals surface area contributed by atoms with Gasteiger partial charge < -0.3 is 4.74 Å². The molecule has 0 bridgehead atoms. The lowest BCUT2D eigenvalue weighted by Crippen LogP contribution is -2.19. The van der Waals surface area contributed by atoms with Crippen LogP contribution in [0.15, 0.2) is 12.1 Å². The van der Waals surface area contributed by atoms with Crippen molar-refractivity contribution in [3.05, 3.63) is 23.3 Å². The average molecular weight is 158 g/mol. The predicted molar refractivity (Wildman–Crippen MR) is 50.4 cm³/mol. The molecule has 1 aliphatic heterocycles. The minimum atomic E-state index is 0.806. The highest BCUT2D eigenvalue weighted by Gasteiger charge is 2.12. The molecule has 12 heavy (non-hydrogen) atoms. The summed E-state index contributed by atoms with van der Waals surface area (Å²) >= 11 is 0. The Bertz CT molecular complexity index is 307. The van der Waals surface area contributed by atoms with E-state index in [9.17, 15) is 0 Å². The van der Waals surface area contributed by atoms with Gasteiger partial charge in [0.2, 0.25) is 0 Å². The lowest BCUT2D eigenvalue weighted by atomic mass is 9.86. The molecule has 0 saturated carbocycles. The van der Waals surface area contributed by atoms with Crippen LogP contribution < -0.4 is 10.2 Å². The highest BCUT2D eigenvalue weighted by Crippen LogP contribution is 2.22. The highest BCUT2D eigenvalue weighted by molar-refractivity contribution is 6.35. The molecule has 0 amide bonds. The van der Waals surface area contributed by atoms with E-state index in [0.717, 1.165) is 36.2 Å². The largest absolute Gasteiger partial charge is 0.494 e. The molecule has 60 valence electrons. The van der Waals surface area contributed by atoms with Crippen molar-refractivity contribution in [1.82, 2.24) is 0 Å². The van der Waals surface area contributed by atoms with Crippen LogP contribution in [0.4, 0.5) is 0 Å². The summed E-state index contributed by atoms with van der Waals surface area (Å²) < 4.78 is 5.51. The van der Waals surface area contributed by atoms with Crippen molar-refractivity contribution in [2.75, 3.05) is 6.61 Å². The smallest absolute Gasteiger partial charge is 0.119 e. The molecule has 0 fully saturated rings. The Morgan fingerprint density at radius 2 is 2.25 bits per heavy atom. The Morgan fingerprint density at radius 1 is 1.42 bits per heavy atom. The molecule has 0 N–H and O–H groups in total. The molecule has 1 aliphatic rings. The van der Waals surface area contributed by atoms with E-state index in [1.54, 1.807) is 0 Å². The minimum Gasteiger partial charge on any atom is -0.494 e. The number of rotatable bonds is 0. The maximum absolute atomic E-state index is 5.88. The zero-order chi connectivity index (χ0) is 8.55.